The maximum absolute atomic E-state index is 14.2. The van der Waals surface area contributed by atoms with Gasteiger partial charge in [0.15, 0.2) is 5.11 Å². The molecule has 1 aromatic heterocycles. The lowest BCUT2D eigenvalue weighted by atomic mass is 9.94. The van der Waals surface area contributed by atoms with Gasteiger partial charge in [0.1, 0.15) is 5.82 Å². The van der Waals surface area contributed by atoms with E-state index in [0.717, 1.165) is 44.8 Å². The third kappa shape index (κ3) is 4.47. The maximum Gasteiger partial charge on any atom is 0.258 e. The average Bonchev–Trinajstić information content (AvgIpc) is 3.28. The van der Waals surface area contributed by atoms with Crippen LogP contribution in [-0.4, -0.2) is 15.3 Å². The second kappa shape index (κ2) is 9.07. The van der Waals surface area contributed by atoms with Crippen molar-refractivity contribution in [2.45, 2.75) is 33.7 Å². The van der Waals surface area contributed by atoms with E-state index >= 15 is 0 Å². The lowest BCUT2D eigenvalue weighted by Crippen LogP contribution is -2.46. The molecule has 0 aliphatic carbocycles. The molecular weight excluding hydrogens is 459 g/mol. The van der Waals surface area contributed by atoms with Gasteiger partial charge in [0.25, 0.3) is 5.89 Å². The summed E-state index contributed by atoms with van der Waals surface area (Å²) in [6.07, 6.45) is 0. The van der Waals surface area contributed by atoms with Gasteiger partial charge in [-0.25, -0.2) is 4.39 Å². The molecule has 5 rings (SSSR count). The van der Waals surface area contributed by atoms with E-state index in [1.807, 2.05) is 49.1 Å². The van der Waals surface area contributed by atoms with Crippen molar-refractivity contribution in [3.63, 3.8) is 0 Å². The lowest BCUT2D eigenvalue weighted by molar-refractivity contribution is 0.404. The zero-order chi connectivity index (χ0) is 24.7. The highest BCUT2D eigenvalue weighted by Crippen LogP contribution is 2.39. The molecule has 0 spiro atoms. The van der Waals surface area contributed by atoms with Crippen LogP contribution in [0.15, 0.2) is 77.0 Å². The number of benzene rings is 3. The predicted octanol–water partition coefficient (Wildman–Crippen LogP) is 6.67. The number of aryl methyl sites for hydroxylation is 3. The van der Waals surface area contributed by atoms with Crippen LogP contribution in [0, 0.1) is 26.6 Å². The van der Waals surface area contributed by atoms with Gasteiger partial charge in [-0.2, -0.15) is 4.98 Å². The Morgan fingerprint density at radius 2 is 1.66 bits per heavy atom. The Labute approximate surface area is 209 Å². The highest BCUT2D eigenvalue weighted by Gasteiger charge is 2.35. The molecule has 1 N–H and O–H groups in total. The van der Waals surface area contributed by atoms with Crippen molar-refractivity contribution in [1.29, 1.82) is 0 Å². The third-order valence-corrected chi connectivity index (χ3v) is 6.36. The fraction of sp³-hybridized carbons (Fsp3) is 0.179. The summed E-state index contributed by atoms with van der Waals surface area (Å²) < 4.78 is 20.0. The number of hydrogen-bond acceptors (Lipinski definition) is 4. The van der Waals surface area contributed by atoms with Gasteiger partial charge in [-0.1, -0.05) is 47.1 Å². The SMILES string of the molecule is CC1=C(c2nc(-c3cccc(C)c3)no2)C(c2cccc(F)c2)NC(=S)N1c1cc(C)cc(C)c1. The Hall–Kier alpha value is -3.84. The third-order valence-electron chi connectivity index (χ3n) is 6.06. The molecular formula is C28H25FN4OS. The number of nitrogens with one attached hydrogen (secondary N) is 1. The summed E-state index contributed by atoms with van der Waals surface area (Å²) in [6, 6.07) is 20.2. The molecule has 3 aromatic carbocycles. The topological polar surface area (TPSA) is 54.2 Å². The van der Waals surface area contributed by atoms with Crippen molar-refractivity contribution in [3.05, 3.63) is 106 Å². The number of rotatable bonds is 4. The molecule has 0 amide bonds. The van der Waals surface area contributed by atoms with Gasteiger partial charge in [0.05, 0.1) is 11.6 Å². The molecule has 5 nitrogen and oxygen atoms in total. The first-order valence-electron chi connectivity index (χ1n) is 11.4. The van der Waals surface area contributed by atoms with E-state index < -0.39 is 6.04 Å². The lowest BCUT2D eigenvalue weighted by Gasteiger charge is -2.37. The van der Waals surface area contributed by atoms with E-state index in [1.54, 1.807) is 6.07 Å². The zero-order valence-electron chi connectivity index (χ0n) is 20.0. The second-order valence-electron chi connectivity index (χ2n) is 8.91. The molecule has 35 heavy (non-hydrogen) atoms. The highest BCUT2D eigenvalue weighted by atomic mass is 32.1. The van der Waals surface area contributed by atoms with Crippen LogP contribution in [0.2, 0.25) is 0 Å². The van der Waals surface area contributed by atoms with Crippen molar-refractivity contribution < 1.29 is 8.91 Å². The fourth-order valence-electron chi connectivity index (χ4n) is 4.58. The molecule has 1 atom stereocenters. The summed E-state index contributed by atoms with van der Waals surface area (Å²) in [5, 5.41) is 8.16. The molecule has 7 heteroatoms. The fourth-order valence-corrected chi connectivity index (χ4v) is 4.94. The Kier molecular flexibility index (Phi) is 5.94. The van der Waals surface area contributed by atoms with E-state index in [1.165, 1.54) is 12.1 Å². The van der Waals surface area contributed by atoms with Crippen LogP contribution in [0.1, 0.15) is 41.1 Å². The predicted molar refractivity (Wildman–Crippen MR) is 140 cm³/mol. The Bertz CT molecular complexity index is 1460. The minimum atomic E-state index is -0.453. The number of hydrogen-bond donors (Lipinski definition) is 1. The van der Waals surface area contributed by atoms with Crippen molar-refractivity contribution in [3.8, 4) is 11.4 Å². The maximum atomic E-state index is 14.2. The minimum Gasteiger partial charge on any atom is -0.351 e. The van der Waals surface area contributed by atoms with Crippen LogP contribution in [0.3, 0.4) is 0 Å². The smallest absolute Gasteiger partial charge is 0.258 e. The largest absolute Gasteiger partial charge is 0.351 e. The molecule has 0 fully saturated rings. The molecule has 1 unspecified atom stereocenters. The van der Waals surface area contributed by atoms with E-state index in [4.69, 9.17) is 21.7 Å². The number of anilines is 1. The summed E-state index contributed by atoms with van der Waals surface area (Å²) in [7, 11) is 0. The van der Waals surface area contributed by atoms with Crippen LogP contribution in [0.5, 0.6) is 0 Å². The summed E-state index contributed by atoms with van der Waals surface area (Å²) in [5.41, 5.74) is 7.47. The van der Waals surface area contributed by atoms with Crippen molar-refractivity contribution in [2.75, 3.05) is 4.90 Å². The van der Waals surface area contributed by atoms with Gasteiger partial charge in [-0.3, -0.25) is 4.90 Å². The molecule has 0 saturated carbocycles. The number of nitrogens with zero attached hydrogens (tertiary/aromatic N) is 3. The second-order valence-corrected chi connectivity index (χ2v) is 9.30. The van der Waals surface area contributed by atoms with E-state index in [2.05, 4.69) is 42.5 Å². The molecule has 0 saturated heterocycles. The van der Waals surface area contributed by atoms with Crippen molar-refractivity contribution >= 4 is 28.6 Å². The van der Waals surface area contributed by atoms with Crippen molar-refractivity contribution in [2.24, 2.45) is 0 Å². The molecule has 4 aromatic rings. The Morgan fingerprint density at radius 1 is 0.914 bits per heavy atom. The van der Waals surface area contributed by atoms with Crippen LogP contribution in [-0.2, 0) is 0 Å². The van der Waals surface area contributed by atoms with Crippen LogP contribution >= 0.6 is 12.2 Å². The quantitative estimate of drug-likeness (QED) is 0.327. The summed E-state index contributed by atoms with van der Waals surface area (Å²) >= 11 is 5.80. The summed E-state index contributed by atoms with van der Waals surface area (Å²) in [6.45, 7) is 8.10. The zero-order valence-corrected chi connectivity index (χ0v) is 20.8. The molecule has 2 heterocycles. The van der Waals surface area contributed by atoms with Gasteiger partial charge < -0.3 is 9.84 Å². The monoisotopic (exact) mass is 484 g/mol. The molecule has 1 aliphatic heterocycles. The first-order valence-corrected chi connectivity index (χ1v) is 11.8. The Balaban J connectivity index is 1.68. The van der Waals surface area contributed by atoms with E-state index in [-0.39, 0.29) is 5.82 Å². The van der Waals surface area contributed by atoms with Gasteiger partial charge in [0.2, 0.25) is 5.82 Å². The molecule has 0 radical (unpaired) electrons. The highest BCUT2D eigenvalue weighted by molar-refractivity contribution is 7.80. The number of thiocarbonyl (C=S) groups is 1. The molecule has 176 valence electrons. The molecule has 1 aliphatic rings. The minimum absolute atomic E-state index is 0.324. The Morgan fingerprint density at radius 3 is 2.37 bits per heavy atom. The van der Waals surface area contributed by atoms with Gasteiger partial charge >= 0.3 is 0 Å². The first-order chi connectivity index (χ1) is 16.8. The summed E-state index contributed by atoms with van der Waals surface area (Å²) in [5.74, 6) is 0.528. The average molecular weight is 485 g/mol. The van der Waals surface area contributed by atoms with Crippen LogP contribution < -0.4 is 10.2 Å². The number of halogens is 1. The van der Waals surface area contributed by atoms with Crippen LogP contribution in [0.4, 0.5) is 10.1 Å². The van der Waals surface area contributed by atoms with Gasteiger partial charge in [-0.05, 0) is 86.9 Å². The van der Waals surface area contributed by atoms with E-state index in [0.29, 0.717) is 16.8 Å². The summed E-state index contributed by atoms with van der Waals surface area (Å²) in [4.78, 5) is 6.71. The van der Waals surface area contributed by atoms with Gasteiger partial charge in [-0.15, -0.1) is 0 Å². The normalized spacial score (nSPS) is 16.0. The number of aromatic nitrogens is 2. The van der Waals surface area contributed by atoms with Crippen LogP contribution in [0.25, 0.3) is 17.0 Å². The first kappa shape index (κ1) is 22.9. The standard InChI is InChI=1S/C28H25FN4OS/c1-16-7-5-9-21(12-16)26-31-27(34-32-26)24-19(4)33(23-13-17(2)11-18(3)14-23)28(35)30-25(24)20-8-6-10-22(29)15-20/h5-15,25H,1-4H3,(H,30,35). The van der Waals surface area contributed by atoms with Crippen molar-refractivity contribution in [1.82, 2.24) is 15.5 Å². The van der Waals surface area contributed by atoms with Gasteiger partial charge in [0, 0.05) is 16.9 Å². The number of allylic oxidation sites excluding steroid dienone is 1. The van der Waals surface area contributed by atoms with E-state index in [9.17, 15) is 4.39 Å². The molecule has 0 bridgehead atoms.